The van der Waals surface area contributed by atoms with E-state index in [1.165, 1.54) is 13.3 Å². The molecule has 190 valence electrons. The number of aromatic nitrogens is 5. The number of carbonyl (C=O) groups excluding carboxylic acids is 1. The van der Waals surface area contributed by atoms with Gasteiger partial charge in [0.25, 0.3) is 0 Å². The summed E-state index contributed by atoms with van der Waals surface area (Å²) in [6.45, 7) is 2.20. The van der Waals surface area contributed by atoms with E-state index in [1.54, 1.807) is 41.5 Å². The van der Waals surface area contributed by atoms with E-state index in [2.05, 4.69) is 25.4 Å². The standard InChI is InChI=1S/C25H22Cl2N6O4/c1-16(34)31-24-29-9-8-23(32-24)17-2-5-19(6-3-17)35-11-20-12-36-25(37-20,13-33-15-28-14-30-33)21-7-4-18(26)10-22(21)27/h2-10,14-15,20H,11-13H2,1H3,(H,29,31,32,34)/t20-,25-/m1/s1. The number of ether oxygens (including phenoxy) is 3. The Morgan fingerprint density at radius 1 is 1.22 bits per heavy atom. The van der Waals surface area contributed by atoms with Crippen molar-refractivity contribution < 1.29 is 19.0 Å². The van der Waals surface area contributed by atoms with Crippen LogP contribution in [-0.4, -0.2) is 50.0 Å². The van der Waals surface area contributed by atoms with E-state index in [9.17, 15) is 4.79 Å². The minimum atomic E-state index is -1.17. The van der Waals surface area contributed by atoms with Crippen LogP contribution in [0.2, 0.25) is 10.0 Å². The number of nitrogens with one attached hydrogen (secondary N) is 1. The Balaban J connectivity index is 1.26. The third kappa shape index (κ3) is 5.89. The van der Waals surface area contributed by atoms with Crippen LogP contribution in [0.4, 0.5) is 5.95 Å². The van der Waals surface area contributed by atoms with Gasteiger partial charge < -0.3 is 14.2 Å². The Labute approximate surface area is 222 Å². The summed E-state index contributed by atoms with van der Waals surface area (Å²) in [5, 5.41) is 7.71. The van der Waals surface area contributed by atoms with E-state index in [1.807, 2.05) is 24.3 Å². The summed E-state index contributed by atoms with van der Waals surface area (Å²) in [6.07, 6.45) is 4.25. The molecule has 1 N–H and O–H groups in total. The van der Waals surface area contributed by atoms with Crippen molar-refractivity contribution in [3.05, 3.63) is 83.0 Å². The maximum Gasteiger partial charge on any atom is 0.229 e. The number of halogens is 2. The van der Waals surface area contributed by atoms with Crippen LogP contribution in [0.3, 0.4) is 0 Å². The van der Waals surface area contributed by atoms with Crippen molar-refractivity contribution >= 4 is 35.1 Å². The molecule has 12 heteroatoms. The average molecular weight is 541 g/mol. The summed E-state index contributed by atoms with van der Waals surface area (Å²) in [4.78, 5) is 23.7. The Hall–Kier alpha value is -3.57. The van der Waals surface area contributed by atoms with Gasteiger partial charge in [-0.1, -0.05) is 29.3 Å². The molecule has 0 radical (unpaired) electrons. The van der Waals surface area contributed by atoms with Crippen molar-refractivity contribution in [2.24, 2.45) is 0 Å². The molecule has 1 fully saturated rings. The molecule has 1 amide bonds. The fourth-order valence-corrected chi connectivity index (χ4v) is 4.48. The zero-order chi connectivity index (χ0) is 25.8. The Bertz CT molecular complexity index is 1390. The Morgan fingerprint density at radius 3 is 2.78 bits per heavy atom. The lowest BCUT2D eigenvalue weighted by atomic mass is 10.1. The average Bonchev–Trinajstić information content (AvgIpc) is 3.53. The van der Waals surface area contributed by atoms with Gasteiger partial charge in [-0.2, -0.15) is 5.10 Å². The number of hydrogen-bond donors (Lipinski definition) is 1. The predicted octanol–water partition coefficient (Wildman–Crippen LogP) is 4.35. The molecule has 0 bridgehead atoms. The molecule has 4 aromatic rings. The summed E-state index contributed by atoms with van der Waals surface area (Å²) < 4.78 is 20.2. The first-order valence-electron chi connectivity index (χ1n) is 11.3. The van der Waals surface area contributed by atoms with Gasteiger partial charge in [-0.15, -0.1) is 0 Å². The molecular formula is C25H22Cl2N6O4. The van der Waals surface area contributed by atoms with Crippen LogP contribution in [0.25, 0.3) is 11.3 Å². The van der Waals surface area contributed by atoms with Crippen LogP contribution in [0, 0.1) is 0 Å². The second kappa shape index (κ2) is 10.8. The topological polar surface area (TPSA) is 113 Å². The maximum absolute atomic E-state index is 11.3. The highest BCUT2D eigenvalue weighted by Gasteiger charge is 2.45. The normalized spacial score (nSPS) is 19.1. The molecule has 0 spiro atoms. The van der Waals surface area contributed by atoms with Crippen molar-refractivity contribution in [1.29, 1.82) is 0 Å². The van der Waals surface area contributed by atoms with Gasteiger partial charge in [0.05, 0.1) is 17.3 Å². The molecule has 1 saturated heterocycles. The zero-order valence-electron chi connectivity index (χ0n) is 19.7. The highest BCUT2D eigenvalue weighted by atomic mass is 35.5. The molecule has 0 aliphatic carbocycles. The van der Waals surface area contributed by atoms with E-state index in [-0.39, 0.29) is 31.1 Å². The van der Waals surface area contributed by atoms with Gasteiger partial charge in [-0.25, -0.2) is 19.6 Å². The Morgan fingerprint density at radius 2 is 2.05 bits per heavy atom. The van der Waals surface area contributed by atoms with Crippen LogP contribution in [-0.2, 0) is 26.6 Å². The van der Waals surface area contributed by atoms with Gasteiger partial charge in [-0.3, -0.25) is 10.1 Å². The summed E-state index contributed by atoms with van der Waals surface area (Å²) in [7, 11) is 0. The van der Waals surface area contributed by atoms with Crippen LogP contribution >= 0.6 is 23.2 Å². The molecule has 1 aliphatic heterocycles. The van der Waals surface area contributed by atoms with E-state index >= 15 is 0 Å². The number of benzene rings is 2. The third-order valence-corrected chi connectivity index (χ3v) is 6.11. The van der Waals surface area contributed by atoms with Gasteiger partial charge in [0, 0.05) is 29.3 Å². The Kier molecular flexibility index (Phi) is 7.33. The quantitative estimate of drug-likeness (QED) is 0.351. The molecule has 5 rings (SSSR count). The molecule has 0 saturated carbocycles. The van der Waals surface area contributed by atoms with Gasteiger partial charge in [-0.05, 0) is 42.5 Å². The van der Waals surface area contributed by atoms with E-state index < -0.39 is 5.79 Å². The van der Waals surface area contributed by atoms with Crippen LogP contribution < -0.4 is 10.1 Å². The molecule has 1 aliphatic rings. The minimum Gasteiger partial charge on any atom is -0.491 e. The fourth-order valence-electron chi connectivity index (χ4n) is 3.93. The van der Waals surface area contributed by atoms with Crippen LogP contribution in [0.1, 0.15) is 12.5 Å². The largest absolute Gasteiger partial charge is 0.491 e. The fraction of sp³-hybridized carbons (Fsp3) is 0.240. The van der Waals surface area contributed by atoms with Crippen molar-refractivity contribution in [3.8, 4) is 17.0 Å². The lowest BCUT2D eigenvalue weighted by molar-refractivity contribution is -0.190. The second-order valence-electron chi connectivity index (χ2n) is 8.30. The molecule has 2 aromatic carbocycles. The first-order valence-corrected chi connectivity index (χ1v) is 12.1. The number of amides is 1. The highest BCUT2D eigenvalue weighted by Crippen LogP contribution is 2.40. The molecule has 0 unspecified atom stereocenters. The lowest BCUT2D eigenvalue weighted by Gasteiger charge is -2.29. The second-order valence-corrected chi connectivity index (χ2v) is 9.15. The van der Waals surface area contributed by atoms with Gasteiger partial charge in [0.15, 0.2) is 0 Å². The van der Waals surface area contributed by atoms with Crippen LogP contribution in [0.5, 0.6) is 5.75 Å². The SMILES string of the molecule is CC(=O)Nc1nccc(-c2ccc(OC[C@@H]3CO[C@@](Cn4cncn4)(c4ccc(Cl)cc4Cl)O3)cc2)n1. The van der Waals surface area contributed by atoms with Crippen molar-refractivity contribution in [2.45, 2.75) is 25.4 Å². The summed E-state index contributed by atoms with van der Waals surface area (Å²) in [5.74, 6) is -0.505. The minimum absolute atomic E-state index is 0.234. The first kappa shape index (κ1) is 25.1. The van der Waals surface area contributed by atoms with Crippen LogP contribution in [0.15, 0.2) is 67.4 Å². The van der Waals surface area contributed by atoms with Gasteiger partial charge in [0.2, 0.25) is 17.6 Å². The number of nitrogens with zero attached hydrogens (tertiary/aromatic N) is 5. The van der Waals surface area contributed by atoms with Crippen molar-refractivity contribution in [3.63, 3.8) is 0 Å². The number of anilines is 1. The summed E-state index contributed by atoms with van der Waals surface area (Å²) in [5.41, 5.74) is 2.17. The predicted molar refractivity (Wildman–Crippen MR) is 136 cm³/mol. The van der Waals surface area contributed by atoms with Crippen molar-refractivity contribution in [1.82, 2.24) is 24.7 Å². The summed E-state index contributed by atoms with van der Waals surface area (Å²) >= 11 is 12.6. The number of rotatable bonds is 8. The van der Waals surface area contributed by atoms with Crippen molar-refractivity contribution in [2.75, 3.05) is 18.5 Å². The maximum atomic E-state index is 11.3. The number of hydrogen-bond acceptors (Lipinski definition) is 8. The zero-order valence-corrected chi connectivity index (χ0v) is 21.2. The third-order valence-electron chi connectivity index (χ3n) is 5.57. The summed E-state index contributed by atoms with van der Waals surface area (Å²) in [6, 6.07) is 14.4. The molecule has 10 nitrogen and oxygen atoms in total. The van der Waals surface area contributed by atoms with Gasteiger partial charge in [0.1, 0.15) is 37.7 Å². The van der Waals surface area contributed by atoms with E-state index in [4.69, 9.17) is 37.4 Å². The molecule has 2 atom stereocenters. The lowest BCUT2D eigenvalue weighted by Crippen LogP contribution is -2.35. The molecule has 2 aromatic heterocycles. The van der Waals surface area contributed by atoms with E-state index in [0.29, 0.717) is 33.7 Å². The molecular weight excluding hydrogens is 519 g/mol. The number of carbonyl (C=O) groups is 1. The first-order chi connectivity index (χ1) is 17.9. The van der Waals surface area contributed by atoms with Gasteiger partial charge >= 0.3 is 0 Å². The molecule has 3 heterocycles. The monoisotopic (exact) mass is 540 g/mol. The van der Waals surface area contributed by atoms with E-state index in [0.717, 1.165) is 5.56 Å². The molecule has 37 heavy (non-hydrogen) atoms. The highest BCUT2D eigenvalue weighted by molar-refractivity contribution is 6.35. The smallest absolute Gasteiger partial charge is 0.229 e.